The number of halogens is 1. The van der Waals surface area contributed by atoms with Crippen LogP contribution in [0.4, 0.5) is 5.69 Å². The zero-order chi connectivity index (χ0) is 26.0. The third-order valence-electron chi connectivity index (χ3n) is 7.82. The molecule has 1 N–H and O–H groups in total. The van der Waals surface area contributed by atoms with Crippen molar-refractivity contribution in [3.8, 4) is 0 Å². The van der Waals surface area contributed by atoms with Crippen molar-refractivity contribution in [2.24, 2.45) is 23.7 Å². The van der Waals surface area contributed by atoms with E-state index in [-0.39, 0.29) is 39.9 Å². The number of allylic oxidation sites excluding steroid dienone is 3. The molecule has 37 heavy (non-hydrogen) atoms. The molecule has 1 saturated carbocycles. The van der Waals surface area contributed by atoms with Crippen molar-refractivity contribution in [3.05, 3.63) is 117 Å². The van der Waals surface area contributed by atoms with Gasteiger partial charge in [-0.2, -0.15) is 0 Å². The summed E-state index contributed by atoms with van der Waals surface area (Å²) in [7, 11) is 0. The molecule has 184 valence electrons. The van der Waals surface area contributed by atoms with Gasteiger partial charge in [0.25, 0.3) is 0 Å². The number of fused-ring (bicyclic) bond motifs is 5. The molecule has 2 aliphatic carbocycles. The van der Waals surface area contributed by atoms with E-state index in [1.807, 2.05) is 13.8 Å². The average Bonchev–Trinajstić information content (AvgIpc) is 3.51. The minimum Gasteiger partial charge on any atom is -0.478 e. The number of aryl methyl sites for hydroxylation is 2. The smallest absolute Gasteiger partial charge is 0.337 e. The Balaban J connectivity index is 1.46. The van der Waals surface area contributed by atoms with Gasteiger partial charge in [0.1, 0.15) is 0 Å². The fraction of sp³-hybridized carbons (Fsp3) is 0.194. The van der Waals surface area contributed by atoms with Gasteiger partial charge in [-0.05, 0) is 54.3 Å². The number of carboxylic acids is 1. The molecule has 6 heteroatoms. The number of hydrogen-bond acceptors (Lipinski definition) is 3. The van der Waals surface area contributed by atoms with Crippen molar-refractivity contribution >= 4 is 40.6 Å². The monoisotopic (exact) mass is 509 g/mol. The van der Waals surface area contributed by atoms with E-state index in [1.165, 1.54) is 18.2 Å². The van der Waals surface area contributed by atoms with E-state index in [4.69, 9.17) is 11.6 Å². The summed E-state index contributed by atoms with van der Waals surface area (Å²) in [6.07, 6.45) is 4.12. The molecule has 4 atom stereocenters. The lowest BCUT2D eigenvalue weighted by molar-refractivity contribution is -0.122. The quantitative estimate of drug-likeness (QED) is 0.342. The molecule has 1 aliphatic heterocycles. The van der Waals surface area contributed by atoms with E-state index < -0.39 is 17.8 Å². The Kier molecular flexibility index (Phi) is 5.42. The summed E-state index contributed by atoms with van der Waals surface area (Å²) < 4.78 is 0. The topological polar surface area (TPSA) is 74.7 Å². The average molecular weight is 510 g/mol. The second kappa shape index (κ2) is 8.56. The van der Waals surface area contributed by atoms with E-state index in [9.17, 15) is 19.5 Å². The first-order valence-electron chi connectivity index (χ1n) is 12.2. The van der Waals surface area contributed by atoms with E-state index in [2.05, 4.69) is 60.7 Å². The number of aromatic carboxylic acids is 1. The third kappa shape index (κ3) is 3.57. The SMILES string of the molecule is Cc1ccc(C(=C2[C@H]3C=C[C@H]2[C@@H]2C(=O)N(c4ccc(Cl)c(C(=O)O)c4)C(=O)[C@H]23)c2ccc(C)cc2)cc1. The first-order valence-corrected chi connectivity index (χ1v) is 12.6. The highest BCUT2D eigenvalue weighted by molar-refractivity contribution is 6.34. The van der Waals surface area contributed by atoms with Gasteiger partial charge in [-0.3, -0.25) is 9.59 Å². The largest absolute Gasteiger partial charge is 0.478 e. The van der Waals surface area contributed by atoms with Crippen LogP contribution in [-0.2, 0) is 9.59 Å². The van der Waals surface area contributed by atoms with Crippen LogP contribution < -0.4 is 4.90 Å². The maximum atomic E-state index is 13.8. The number of nitrogens with zero attached hydrogens (tertiary/aromatic N) is 1. The molecule has 2 amide bonds. The predicted octanol–water partition coefficient (Wildman–Crippen LogP) is 6.08. The van der Waals surface area contributed by atoms with Crippen LogP contribution in [0.2, 0.25) is 5.02 Å². The number of amides is 2. The van der Waals surface area contributed by atoms with Crippen molar-refractivity contribution in [3.63, 3.8) is 0 Å². The minimum atomic E-state index is -1.21. The molecular formula is C31H24ClNO4. The van der Waals surface area contributed by atoms with Crippen molar-refractivity contribution in [2.75, 3.05) is 4.90 Å². The molecule has 3 aromatic carbocycles. The van der Waals surface area contributed by atoms with Gasteiger partial charge in [-0.1, -0.05) is 83.4 Å². The van der Waals surface area contributed by atoms with Crippen LogP contribution in [0, 0.1) is 37.5 Å². The molecule has 2 bridgehead atoms. The minimum absolute atomic E-state index is 0.0586. The summed E-state index contributed by atoms with van der Waals surface area (Å²) >= 11 is 6.03. The second-order valence-electron chi connectivity index (χ2n) is 10.0. The molecule has 1 saturated heterocycles. The maximum absolute atomic E-state index is 13.8. The molecular weight excluding hydrogens is 486 g/mol. The molecule has 0 aromatic heterocycles. The standard InChI is InChI=1S/C31H24ClNO4/c1-16-3-7-18(8-4-16)25(19-9-5-17(2)6-10-19)26-21-12-13-22(26)28-27(21)29(34)33(30(28)35)20-11-14-24(32)23(15-20)31(36)37/h3-15,21-22,27-28H,1-2H3,(H,36,37)/t21-,22-,27+,28+/m1/s1. The molecule has 0 spiro atoms. The molecule has 6 rings (SSSR count). The highest BCUT2D eigenvalue weighted by Gasteiger charge is 2.62. The van der Waals surface area contributed by atoms with Gasteiger partial charge in [-0.15, -0.1) is 0 Å². The fourth-order valence-electron chi connectivity index (χ4n) is 6.11. The van der Waals surface area contributed by atoms with Crippen molar-refractivity contribution in [2.45, 2.75) is 13.8 Å². The number of carboxylic acid groups (broad SMARTS) is 1. The summed E-state index contributed by atoms with van der Waals surface area (Å²) in [5.41, 5.74) is 6.71. The number of imide groups is 1. The lowest BCUT2D eigenvalue weighted by Gasteiger charge is -2.22. The van der Waals surface area contributed by atoms with E-state index in [0.717, 1.165) is 38.3 Å². The van der Waals surface area contributed by atoms with Gasteiger partial charge in [0, 0.05) is 11.8 Å². The van der Waals surface area contributed by atoms with E-state index in [0.29, 0.717) is 0 Å². The third-order valence-corrected chi connectivity index (χ3v) is 8.15. The number of carbonyl (C=O) groups is 3. The number of hydrogen-bond donors (Lipinski definition) is 1. The van der Waals surface area contributed by atoms with E-state index in [1.54, 1.807) is 0 Å². The van der Waals surface area contributed by atoms with Crippen LogP contribution in [0.5, 0.6) is 0 Å². The van der Waals surface area contributed by atoms with Crippen LogP contribution >= 0.6 is 11.6 Å². The highest BCUT2D eigenvalue weighted by atomic mass is 35.5. The zero-order valence-electron chi connectivity index (χ0n) is 20.3. The van der Waals surface area contributed by atoms with Gasteiger partial charge in [-0.25, -0.2) is 9.69 Å². The molecule has 3 aliphatic rings. The summed E-state index contributed by atoms with van der Waals surface area (Å²) in [5.74, 6) is -3.26. The Morgan fingerprint density at radius 1 is 0.784 bits per heavy atom. The molecule has 5 nitrogen and oxygen atoms in total. The zero-order valence-corrected chi connectivity index (χ0v) is 21.1. The highest BCUT2D eigenvalue weighted by Crippen LogP contribution is 2.59. The van der Waals surface area contributed by atoms with Crippen LogP contribution in [0.1, 0.15) is 32.6 Å². The fourth-order valence-corrected chi connectivity index (χ4v) is 6.31. The second-order valence-corrected chi connectivity index (χ2v) is 10.4. The molecule has 2 fully saturated rings. The summed E-state index contributed by atoms with van der Waals surface area (Å²) in [5, 5.41) is 9.54. The summed E-state index contributed by atoms with van der Waals surface area (Å²) in [6, 6.07) is 21.0. The summed E-state index contributed by atoms with van der Waals surface area (Å²) in [6.45, 7) is 4.10. The van der Waals surface area contributed by atoms with E-state index >= 15 is 0 Å². The number of carbonyl (C=O) groups excluding carboxylic acids is 2. The predicted molar refractivity (Wildman–Crippen MR) is 142 cm³/mol. The molecule has 0 unspecified atom stereocenters. The molecule has 0 radical (unpaired) electrons. The molecule has 1 heterocycles. The van der Waals surface area contributed by atoms with Crippen molar-refractivity contribution in [1.29, 1.82) is 0 Å². The number of benzene rings is 3. The van der Waals surface area contributed by atoms with Crippen LogP contribution in [0.25, 0.3) is 5.57 Å². The summed E-state index contributed by atoms with van der Waals surface area (Å²) in [4.78, 5) is 40.3. The first-order chi connectivity index (χ1) is 17.8. The Morgan fingerprint density at radius 3 is 1.73 bits per heavy atom. The Labute approximate surface area is 219 Å². The molecule has 3 aromatic rings. The van der Waals surface area contributed by atoms with Crippen molar-refractivity contribution < 1.29 is 19.5 Å². The number of anilines is 1. The maximum Gasteiger partial charge on any atom is 0.337 e. The first kappa shape index (κ1) is 23.4. The van der Waals surface area contributed by atoms with Crippen molar-refractivity contribution in [1.82, 2.24) is 0 Å². The lowest BCUT2D eigenvalue weighted by Crippen LogP contribution is -2.33. The van der Waals surface area contributed by atoms with Gasteiger partial charge < -0.3 is 5.11 Å². The Hall–Kier alpha value is -3.96. The van der Waals surface area contributed by atoms with Gasteiger partial charge in [0.2, 0.25) is 11.8 Å². The van der Waals surface area contributed by atoms with Gasteiger partial charge >= 0.3 is 5.97 Å². The Bertz CT molecular complexity index is 1450. The normalized spacial score (nSPS) is 23.6. The Morgan fingerprint density at radius 2 is 1.27 bits per heavy atom. The van der Waals surface area contributed by atoms with Crippen LogP contribution in [0.15, 0.2) is 84.5 Å². The number of rotatable bonds is 4. The lowest BCUT2D eigenvalue weighted by atomic mass is 9.85. The van der Waals surface area contributed by atoms with Gasteiger partial charge in [0.05, 0.1) is 28.1 Å². The van der Waals surface area contributed by atoms with Crippen LogP contribution in [-0.4, -0.2) is 22.9 Å². The van der Waals surface area contributed by atoms with Gasteiger partial charge in [0.15, 0.2) is 0 Å². The van der Waals surface area contributed by atoms with Crippen LogP contribution in [0.3, 0.4) is 0 Å².